The van der Waals surface area contributed by atoms with Gasteiger partial charge in [0.15, 0.2) is 0 Å². The number of hydrogen-bond acceptors (Lipinski definition) is 2. The summed E-state index contributed by atoms with van der Waals surface area (Å²) in [6.45, 7) is 3.39. The van der Waals surface area contributed by atoms with E-state index < -0.39 is 0 Å². The molecule has 1 aromatic heterocycles. The number of carbonyl (C=O) groups excluding carboxylic acids is 1. The highest BCUT2D eigenvalue weighted by atomic mass is 35.5. The third-order valence-corrected chi connectivity index (χ3v) is 5.00. The smallest absolute Gasteiger partial charge is 0.268 e. The first-order valence-corrected chi connectivity index (χ1v) is 8.59. The Balaban J connectivity index is 2.11. The standard InChI is InChI=1S/C20H16ClN3O/c1-12-16-9-13(11-22)10-17(14-3-5-15(21)6-4-14)19(16)24-8-2-7-23-20(25)18(12)24/h3-6,9-10H,2,7-8H2,1H3,(H,23,25). The second-order valence-corrected chi connectivity index (χ2v) is 6.71. The predicted molar refractivity (Wildman–Crippen MR) is 98.8 cm³/mol. The molecule has 25 heavy (non-hydrogen) atoms. The Kier molecular flexibility index (Phi) is 3.74. The highest BCUT2D eigenvalue weighted by molar-refractivity contribution is 6.30. The van der Waals surface area contributed by atoms with Crippen LogP contribution in [0.3, 0.4) is 0 Å². The molecule has 0 fully saturated rings. The van der Waals surface area contributed by atoms with Gasteiger partial charge < -0.3 is 9.88 Å². The number of nitrogens with zero attached hydrogens (tertiary/aromatic N) is 2. The zero-order valence-corrected chi connectivity index (χ0v) is 14.5. The largest absolute Gasteiger partial charge is 0.351 e. The highest BCUT2D eigenvalue weighted by Gasteiger charge is 2.24. The van der Waals surface area contributed by atoms with E-state index in [1.54, 1.807) is 0 Å². The maximum atomic E-state index is 12.5. The number of fused-ring (bicyclic) bond motifs is 3. The molecule has 5 heteroatoms. The van der Waals surface area contributed by atoms with Crippen molar-refractivity contribution in [3.63, 3.8) is 0 Å². The fourth-order valence-corrected chi connectivity index (χ4v) is 3.73. The van der Waals surface area contributed by atoms with Gasteiger partial charge in [-0.3, -0.25) is 4.79 Å². The minimum absolute atomic E-state index is 0.0493. The van der Waals surface area contributed by atoms with Gasteiger partial charge in [0.25, 0.3) is 5.91 Å². The molecular formula is C20H16ClN3O. The molecule has 1 aliphatic rings. The van der Waals surface area contributed by atoms with Crippen molar-refractivity contribution in [2.75, 3.05) is 6.54 Å². The van der Waals surface area contributed by atoms with Crippen molar-refractivity contribution >= 4 is 28.4 Å². The third-order valence-electron chi connectivity index (χ3n) is 4.75. The maximum Gasteiger partial charge on any atom is 0.268 e. The average Bonchev–Trinajstić information content (AvgIpc) is 2.76. The SMILES string of the molecule is Cc1c2n(c3c(-c4ccc(Cl)cc4)cc(C#N)cc13)CCCNC2=O. The van der Waals surface area contributed by atoms with E-state index >= 15 is 0 Å². The average molecular weight is 350 g/mol. The van der Waals surface area contributed by atoms with Crippen LogP contribution >= 0.6 is 11.6 Å². The van der Waals surface area contributed by atoms with Gasteiger partial charge in [-0.1, -0.05) is 23.7 Å². The number of halogens is 1. The van der Waals surface area contributed by atoms with Crippen molar-refractivity contribution in [1.82, 2.24) is 9.88 Å². The quantitative estimate of drug-likeness (QED) is 0.713. The molecule has 0 spiro atoms. The number of rotatable bonds is 1. The molecule has 0 saturated heterocycles. The first-order chi connectivity index (χ1) is 12.1. The van der Waals surface area contributed by atoms with Gasteiger partial charge in [-0.25, -0.2) is 0 Å². The number of nitrogens with one attached hydrogen (secondary N) is 1. The number of benzene rings is 2. The van der Waals surface area contributed by atoms with Crippen LogP contribution in [0.1, 0.15) is 28.0 Å². The van der Waals surface area contributed by atoms with E-state index in [4.69, 9.17) is 11.6 Å². The van der Waals surface area contributed by atoms with Crippen molar-refractivity contribution in [3.8, 4) is 17.2 Å². The summed E-state index contributed by atoms with van der Waals surface area (Å²) in [5.41, 5.74) is 5.14. The molecule has 4 rings (SSSR count). The van der Waals surface area contributed by atoms with Crippen LogP contribution in [0.5, 0.6) is 0 Å². The zero-order chi connectivity index (χ0) is 17.6. The summed E-state index contributed by atoms with van der Waals surface area (Å²) >= 11 is 6.03. The van der Waals surface area contributed by atoms with Gasteiger partial charge in [0.1, 0.15) is 5.69 Å². The summed E-state index contributed by atoms with van der Waals surface area (Å²) in [6.07, 6.45) is 0.877. The Labute approximate surface area is 150 Å². The first kappa shape index (κ1) is 15.7. The summed E-state index contributed by atoms with van der Waals surface area (Å²) in [4.78, 5) is 12.5. The lowest BCUT2D eigenvalue weighted by Gasteiger charge is -2.11. The highest BCUT2D eigenvalue weighted by Crippen LogP contribution is 2.36. The number of amides is 1. The number of aryl methyl sites for hydroxylation is 2. The van der Waals surface area contributed by atoms with Crippen molar-refractivity contribution in [3.05, 3.63) is 58.2 Å². The van der Waals surface area contributed by atoms with E-state index in [0.29, 0.717) is 22.8 Å². The second-order valence-electron chi connectivity index (χ2n) is 6.27. The monoisotopic (exact) mass is 349 g/mol. The molecule has 0 bridgehead atoms. The Morgan fingerprint density at radius 1 is 1.24 bits per heavy atom. The van der Waals surface area contributed by atoms with Crippen LogP contribution in [0.4, 0.5) is 0 Å². The predicted octanol–water partition coefficient (Wildman–Crippen LogP) is 4.28. The topological polar surface area (TPSA) is 57.8 Å². The van der Waals surface area contributed by atoms with Crippen molar-refractivity contribution in [2.24, 2.45) is 0 Å². The minimum Gasteiger partial charge on any atom is -0.351 e. The number of carbonyl (C=O) groups is 1. The summed E-state index contributed by atoms with van der Waals surface area (Å²) in [5.74, 6) is -0.0493. The molecule has 1 amide bonds. The van der Waals surface area contributed by atoms with Gasteiger partial charge in [-0.05, 0) is 48.7 Å². The normalized spacial score (nSPS) is 13.9. The summed E-state index contributed by atoms with van der Waals surface area (Å²) in [6, 6.07) is 13.6. The Morgan fingerprint density at radius 2 is 2.00 bits per heavy atom. The summed E-state index contributed by atoms with van der Waals surface area (Å²) in [5, 5.41) is 14.0. The van der Waals surface area contributed by atoms with Crippen molar-refractivity contribution in [1.29, 1.82) is 5.26 Å². The van der Waals surface area contributed by atoms with Crippen LogP contribution in [-0.2, 0) is 6.54 Å². The minimum atomic E-state index is -0.0493. The number of hydrogen-bond donors (Lipinski definition) is 1. The number of aromatic nitrogens is 1. The molecule has 124 valence electrons. The van der Waals surface area contributed by atoms with E-state index in [-0.39, 0.29) is 5.91 Å². The molecule has 2 aromatic carbocycles. The van der Waals surface area contributed by atoms with Gasteiger partial charge in [-0.15, -0.1) is 0 Å². The van der Waals surface area contributed by atoms with Gasteiger partial charge in [0, 0.05) is 29.1 Å². The van der Waals surface area contributed by atoms with E-state index in [1.807, 2.05) is 43.3 Å². The Morgan fingerprint density at radius 3 is 2.72 bits per heavy atom. The first-order valence-electron chi connectivity index (χ1n) is 8.21. The van der Waals surface area contributed by atoms with E-state index in [2.05, 4.69) is 16.0 Å². The fourth-order valence-electron chi connectivity index (χ4n) is 3.61. The van der Waals surface area contributed by atoms with Crippen LogP contribution in [0.15, 0.2) is 36.4 Å². The second kappa shape index (κ2) is 5.94. The van der Waals surface area contributed by atoms with Gasteiger partial charge in [-0.2, -0.15) is 5.26 Å². The van der Waals surface area contributed by atoms with Crippen molar-refractivity contribution < 1.29 is 4.79 Å². The lowest BCUT2D eigenvalue weighted by atomic mass is 9.99. The molecule has 3 aromatic rings. The lowest BCUT2D eigenvalue weighted by molar-refractivity contribution is 0.0951. The maximum absolute atomic E-state index is 12.5. The Hall–Kier alpha value is -2.77. The van der Waals surface area contributed by atoms with E-state index in [9.17, 15) is 10.1 Å². The lowest BCUT2D eigenvalue weighted by Crippen LogP contribution is -2.23. The molecule has 0 atom stereocenters. The molecule has 0 radical (unpaired) electrons. The van der Waals surface area contributed by atoms with Crippen LogP contribution in [0, 0.1) is 18.3 Å². The molecular weight excluding hydrogens is 334 g/mol. The molecule has 0 saturated carbocycles. The molecule has 4 nitrogen and oxygen atoms in total. The molecule has 0 unspecified atom stereocenters. The van der Waals surface area contributed by atoms with E-state index in [1.165, 1.54) is 0 Å². The summed E-state index contributed by atoms with van der Waals surface area (Å²) < 4.78 is 2.10. The van der Waals surface area contributed by atoms with E-state index in [0.717, 1.165) is 40.6 Å². The van der Waals surface area contributed by atoms with Crippen LogP contribution in [0.25, 0.3) is 22.0 Å². The number of nitriles is 1. The third kappa shape index (κ3) is 2.48. The van der Waals surface area contributed by atoms with Crippen LogP contribution in [0.2, 0.25) is 5.02 Å². The van der Waals surface area contributed by atoms with Gasteiger partial charge >= 0.3 is 0 Å². The molecule has 1 aliphatic heterocycles. The summed E-state index contributed by atoms with van der Waals surface area (Å²) in [7, 11) is 0. The van der Waals surface area contributed by atoms with Crippen LogP contribution < -0.4 is 5.32 Å². The van der Waals surface area contributed by atoms with Crippen LogP contribution in [-0.4, -0.2) is 17.0 Å². The zero-order valence-electron chi connectivity index (χ0n) is 13.8. The molecule has 0 aliphatic carbocycles. The Bertz CT molecular complexity index is 1040. The van der Waals surface area contributed by atoms with Gasteiger partial charge in [0.05, 0.1) is 17.1 Å². The molecule has 2 heterocycles. The fraction of sp³-hybridized carbons (Fsp3) is 0.200. The molecule has 1 N–H and O–H groups in total. The van der Waals surface area contributed by atoms with Gasteiger partial charge in [0.2, 0.25) is 0 Å². The van der Waals surface area contributed by atoms with Crippen molar-refractivity contribution in [2.45, 2.75) is 19.9 Å².